The van der Waals surface area contributed by atoms with Crippen LogP contribution in [0.3, 0.4) is 0 Å². The maximum absolute atomic E-state index is 11.9. The fourth-order valence-corrected chi connectivity index (χ4v) is 2.42. The number of nitrogens with one attached hydrogen (secondary N) is 2. The van der Waals surface area contributed by atoms with Gasteiger partial charge in [-0.2, -0.15) is 0 Å². The number of ether oxygens (including phenoxy) is 1. The van der Waals surface area contributed by atoms with Gasteiger partial charge in [-0.05, 0) is 44.0 Å². The monoisotopic (exact) mass is 356 g/mol. The van der Waals surface area contributed by atoms with E-state index in [2.05, 4.69) is 25.3 Å². The number of carbonyl (C=O) groups is 2. The number of esters is 1. The van der Waals surface area contributed by atoms with Crippen molar-refractivity contribution in [1.29, 1.82) is 0 Å². The van der Waals surface area contributed by atoms with Gasteiger partial charge in [-0.15, -0.1) is 0 Å². The second-order valence-electron chi connectivity index (χ2n) is 5.97. The maximum Gasteiger partial charge on any atom is 0.337 e. The Balaban J connectivity index is 1.68. The molecular formula is C19H24N4O3. The number of rotatable bonds is 8. The minimum Gasteiger partial charge on any atom is -0.465 e. The summed E-state index contributed by atoms with van der Waals surface area (Å²) in [5, 5.41) is 6.00. The summed E-state index contributed by atoms with van der Waals surface area (Å²) in [7, 11) is 1.34. The highest BCUT2D eigenvalue weighted by atomic mass is 16.5. The second kappa shape index (κ2) is 9.50. The van der Waals surface area contributed by atoms with Gasteiger partial charge in [0.1, 0.15) is 0 Å². The third-order valence-corrected chi connectivity index (χ3v) is 3.71. The Morgan fingerprint density at radius 3 is 2.35 bits per heavy atom. The van der Waals surface area contributed by atoms with Crippen LogP contribution in [0.1, 0.15) is 40.2 Å². The molecule has 0 aliphatic carbocycles. The lowest BCUT2D eigenvalue weighted by Gasteiger charge is -2.08. The molecule has 0 aliphatic rings. The molecule has 1 amide bonds. The second-order valence-corrected chi connectivity index (χ2v) is 5.97. The summed E-state index contributed by atoms with van der Waals surface area (Å²) >= 11 is 0. The van der Waals surface area contributed by atoms with Gasteiger partial charge in [-0.3, -0.25) is 4.79 Å². The van der Waals surface area contributed by atoms with E-state index in [1.165, 1.54) is 7.11 Å². The molecule has 7 nitrogen and oxygen atoms in total. The smallest absolute Gasteiger partial charge is 0.337 e. The minimum atomic E-state index is -0.374. The molecule has 138 valence electrons. The van der Waals surface area contributed by atoms with Gasteiger partial charge in [-0.25, -0.2) is 14.8 Å². The van der Waals surface area contributed by atoms with Crippen molar-refractivity contribution in [2.75, 3.05) is 19.0 Å². The summed E-state index contributed by atoms with van der Waals surface area (Å²) in [5.41, 5.74) is 3.24. The van der Waals surface area contributed by atoms with Crippen molar-refractivity contribution in [1.82, 2.24) is 15.3 Å². The van der Waals surface area contributed by atoms with E-state index in [0.29, 0.717) is 37.4 Å². The Morgan fingerprint density at radius 2 is 1.73 bits per heavy atom. The first-order chi connectivity index (χ1) is 12.5. The lowest BCUT2D eigenvalue weighted by atomic mass is 10.1. The number of benzene rings is 1. The molecule has 0 unspecified atom stereocenters. The molecule has 0 atom stereocenters. The van der Waals surface area contributed by atoms with Crippen LogP contribution in [-0.4, -0.2) is 35.5 Å². The van der Waals surface area contributed by atoms with Gasteiger partial charge in [0.25, 0.3) is 0 Å². The quantitative estimate of drug-likeness (QED) is 0.557. The topological polar surface area (TPSA) is 93.2 Å². The number of anilines is 1. The van der Waals surface area contributed by atoms with Crippen LogP contribution in [0.15, 0.2) is 30.3 Å². The molecule has 0 saturated heterocycles. The first-order valence-corrected chi connectivity index (χ1v) is 8.48. The van der Waals surface area contributed by atoms with Gasteiger partial charge in [0, 0.05) is 30.9 Å². The molecule has 2 aromatic rings. The van der Waals surface area contributed by atoms with Gasteiger partial charge in [0.05, 0.1) is 12.7 Å². The maximum atomic E-state index is 11.9. The summed E-state index contributed by atoms with van der Waals surface area (Å²) in [4.78, 5) is 31.9. The van der Waals surface area contributed by atoms with Crippen molar-refractivity contribution in [3.8, 4) is 0 Å². The zero-order chi connectivity index (χ0) is 18.9. The van der Waals surface area contributed by atoms with Crippen molar-refractivity contribution in [3.05, 3.63) is 52.8 Å². The number of aryl methyl sites for hydroxylation is 2. The Bertz CT molecular complexity index is 740. The van der Waals surface area contributed by atoms with Crippen LogP contribution >= 0.6 is 0 Å². The lowest BCUT2D eigenvalue weighted by molar-refractivity contribution is -0.121. The number of aromatic nitrogens is 2. The molecule has 1 aromatic carbocycles. The molecule has 7 heteroatoms. The summed E-state index contributed by atoms with van der Waals surface area (Å²) in [6.45, 7) is 4.90. The Morgan fingerprint density at radius 1 is 1.08 bits per heavy atom. The SMILES string of the molecule is COC(=O)c1ccc(CNC(=O)CCCNc2nc(C)cc(C)n2)cc1. The zero-order valence-corrected chi connectivity index (χ0v) is 15.3. The standard InChI is InChI=1S/C19H24N4O3/c1-13-11-14(2)23-19(22-13)20-10-4-5-17(24)21-12-15-6-8-16(9-7-15)18(25)26-3/h6-9,11H,4-5,10,12H2,1-3H3,(H,21,24)(H,20,22,23). The van der Waals surface area contributed by atoms with Crippen LogP contribution in [0.5, 0.6) is 0 Å². The van der Waals surface area contributed by atoms with Crippen molar-refractivity contribution >= 4 is 17.8 Å². The zero-order valence-electron chi connectivity index (χ0n) is 15.3. The van der Waals surface area contributed by atoms with Crippen LogP contribution in [-0.2, 0) is 16.1 Å². The molecule has 0 bridgehead atoms. The average molecular weight is 356 g/mol. The third-order valence-electron chi connectivity index (χ3n) is 3.71. The van der Waals surface area contributed by atoms with Crippen LogP contribution in [0.2, 0.25) is 0 Å². The highest BCUT2D eigenvalue weighted by Crippen LogP contribution is 2.06. The van der Waals surface area contributed by atoms with Gasteiger partial charge >= 0.3 is 5.97 Å². The Kier molecular flexibility index (Phi) is 7.08. The molecule has 1 aromatic heterocycles. The van der Waals surface area contributed by atoms with E-state index in [1.54, 1.807) is 24.3 Å². The summed E-state index contributed by atoms with van der Waals surface area (Å²) < 4.78 is 4.65. The predicted octanol–water partition coefficient (Wildman–Crippen LogP) is 2.39. The van der Waals surface area contributed by atoms with Crippen LogP contribution < -0.4 is 10.6 Å². The van der Waals surface area contributed by atoms with E-state index >= 15 is 0 Å². The lowest BCUT2D eigenvalue weighted by Crippen LogP contribution is -2.23. The molecule has 2 rings (SSSR count). The van der Waals surface area contributed by atoms with Crippen molar-refractivity contribution < 1.29 is 14.3 Å². The van der Waals surface area contributed by atoms with Gasteiger partial charge < -0.3 is 15.4 Å². The van der Waals surface area contributed by atoms with Crippen LogP contribution in [0.25, 0.3) is 0 Å². The van der Waals surface area contributed by atoms with Crippen LogP contribution in [0.4, 0.5) is 5.95 Å². The Labute approximate surface area is 153 Å². The normalized spacial score (nSPS) is 10.3. The van der Waals surface area contributed by atoms with E-state index in [1.807, 2.05) is 19.9 Å². The number of hydrogen-bond acceptors (Lipinski definition) is 6. The molecule has 0 fully saturated rings. The number of nitrogens with zero attached hydrogens (tertiary/aromatic N) is 2. The predicted molar refractivity (Wildman–Crippen MR) is 98.9 cm³/mol. The molecule has 1 heterocycles. The summed E-state index contributed by atoms with van der Waals surface area (Å²) in [5.74, 6) is 0.194. The molecule has 26 heavy (non-hydrogen) atoms. The average Bonchev–Trinajstić information content (AvgIpc) is 2.62. The number of amides is 1. The number of methoxy groups -OCH3 is 1. The highest BCUT2D eigenvalue weighted by Gasteiger charge is 2.06. The van der Waals surface area contributed by atoms with Gasteiger partial charge in [-0.1, -0.05) is 12.1 Å². The summed E-state index contributed by atoms with van der Waals surface area (Å²) in [6, 6.07) is 8.87. The van der Waals surface area contributed by atoms with E-state index in [9.17, 15) is 9.59 Å². The minimum absolute atomic E-state index is 0.0230. The van der Waals surface area contributed by atoms with Crippen LogP contribution in [0, 0.1) is 13.8 Å². The van der Waals surface area contributed by atoms with Gasteiger partial charge in [0.15, 0.2) is 0 Å². The molecular weight excluding hydrogens is 332 g/mol. The highest BCUT2D eigenvalue weighted by molar-refractivity contribution is 5.89. The van der Waals surface area contributed by atoms with Crippen molar-refractivity contribution in [2.45, 2.75) is 33.2 Å². The molecule has 0 saturated carbocycles. The van der Waals surface area contributed by atoms with Gasteiger partial charge in [0.2, 0.25) is 11.9 Å². The number of carbonyl (C=O) groups excluding carboxylic acids is 2. The number of hydrogen-bond donors (Lipinski definition) is 2. The fraction of sp³-hybridized carbons (Fsp3) is 0.368. The van der Waals surface area contributed by atoms with E-state index in [4.69, 9.17) is 0 Å². The molecule has 0 spiro atoms. The molecule has 0 radical (unpaired) electrons. The first kappa shape index (κ1) is 19.4. The largest absolute Gasteiger partial charge is 0.465 e. The van der Waals surface area contributed by atoms with E-state index < -0.39 is 0 Å². The first-order valence-electron chi connectivity index (χ1n) is 8.48. The fourth-order valence-electron chi connectivity index (χ4n) is 2.42. The molecule has 2 N–H and O–H groups in total. The Hall–Kier alpha value is -2.96. The molecule has 0 aliphatic heterocycles. The van der Waals surface area contributed by atoms with E-state index in [0.717, 1.165) is 17.0 Å². The van der Waals surface area contributed by atoms with Crippen molar-refractivity contribution in [3.63, 3.8) is 0 Å². The third kappa shape index (κ3) is 6.16. The summed E-state index contributed by atoms with van der Waals surface area (Å²) in [6.07, 6.45) is 1.10. The van der Waals surface area contributed by atoms with Crippen molar-refractivity contribution in [2.24, 2.45) is 0 Å². The van der Waals surface area contributed by atoms with E-state index in [-0.39, 0.29) is 11.9 Å².